The molecule has 0 aliphatic rings. The van der Waals surface area contributed by atoms with E-state index in [9.17, 15) is 14.0 Å². The first-order valence-corrected chi connectivity index (χ1v) is 7.04. The molecule has 2 rings (SSSR count). The van der Waals surface area contributed by atoms with Gasteiger partial charge < -0.3 is 20.5 Å². The minimum atomic E-state index is -0.663. The number of carbonyl (C=O) groups is 2. The van der Waals surface area contributed by atoms with Gasteiger partial charge in [-0.3, -0.25) is 4.79 Å². The molecule has 7 nitrogen and oxygen atoms in total. The fourth-order valence-electron chi connectivity index (χ4n) is 1.86. The van der Waals surface area contributed by atoms with E-state index in [0.29, 0.717) is 11.4 Å². The maximum absolute atomic E-state index is 13.5. The zero-order valence-electron chi connectivity index (χ0n) is 12.8. The Hall–Kier alpha value is -2.90. The largest absolute Gasteiger partial charge is 0.359 e. The summed E-state index contributed by atoms with van der Waals surface area (Å²) in [4.78, 5) is 23.3. The van der Waals surface area contributed by atoms with Crippen molar-refractivity contribution in [3.05, 3.63) is 47.1 Å². The van der Waals surface area contributed by atoms with Crippen LogP contribution >= 0.6 is 0 Å². The van der Waals surface area contributed by atoms with Crippen LogP contribution in [0, 0.1) is 5.82 Å². The smallest absolute Gasteiger partial charge is 0.319 e. The summed E-state index contributed by atoms with van der Waals surface area (Å²) in [6.45, 7) is 2.11. The van der Waals surface area contributed by atoms with Gasteiger partial charge in [-0.05, 0) is 24.6 Å². The molecule has 0 aliphatic carbocycles. The van der Waals surface area contributed by atoms with Crippen LogP contribution in [0.4, 0.5) is 14.9 Å². The highest BCUT2D eigenvalue weighted by Crippen LogP contribution is 2.14. The van der Waals surface area contributed by atoms with E-state index in [-0.39, 0.29) is 12.1 Å². The molecule has 0 saturated carbocycles. The number of amides is 3. The Morgan fingerprint density at radius 2 is 2.09 bits per heavy atom. The van der Waals surface area contributed by atoms with E-state index < -0.39 is 17.8 Å². The highest BCUT2D eigenvalue weighted by atomic mass is 19.1. The second-order valence-corrected chi connectivity index (χ2v) is 4.72. The fraction of sp³-hybridized carbons (Fsp3) is 0.267. The number of hydrogen-bond donors (Lipinski definition) is 3. The topological polar surface area (TPSA) is 96.3 Å². The third kappa shape index (κ3) is 4.29. The average Bonchev–Trinajstić information content (AvgIpc) is 3.02. The summed E-state index contributed by atoms with van der Waals surface area (Å²) in [6.07, 6.45) is 0.744. The average molecular weight is 320 g/mol. The Morgan fingerprint density at radius 1 is 1.30 bits per heavy atom. The van der Waals surface area contributed by atoms with Gasteiger partial charge in [-0.15, -0.1) is 0 Å². The summed E-state index contributed by atoms with van der Waals surface area (Å²) < 4.78 is 18.6. The van der Waals surface area contributed by atoms with Gasteiger partial charge in [0.25, 0.3) is 5.91 Å². The number of nitrogens with one attached hydrogen (secondary N) is 3. The summed E-state index contributed by atoms with van der Waals surface area (Å²) in [5.74, 6) is -0.702. The van der Waals surface area contributed by atoms with Crippen molar-refractivity contribution < 1.29 is 18.5 Å². The van der Waals surface area contributed by atoms with Crippen molar-refractivity contribution in [2.75, 3.05) is 12.4 Å². The maximum Gasteiger partial charge on any atom is 0.319 e. The van der Waals surface area contributed by atoms with Crippen LogP contribution in [-0.4, -0.2) is 24.1 Å². The summed E-state index contributed by atoms with van der Waals surface area (Å²) in [6, 6.07) is 4.99. The van der Waals surface area contributed by atoms with Gasteiger partial charge in [0.15, 0.2) is 5.76 Å². The third-order valence-electron chi connectivity index (χ3n) is 3.09. The molecule has 3 N–H and O–H groups in total. The number of hydrogen-bond acceptors (Lipinski definition) is 4. The van der Waals surface area contributed by atoms with Crippen molar-refractivity contribution in [2.24, 2.45) is 0 Å². The van der Waals surface area contributed by atoms with Gasteiger partial charge in [-0.1, -0.05) is 12.1 Å². The molecule has 0 atom stereocenters. The van der Waals surface area contributed by atoms with Crippen LogP contribution in [0.1, 0.15) is 28.7 Å². The molecule has 1 aromatic heterocycles. The monoisotopic (exact) mass is 320 g/mol. The fourth-order valence-corrected chi connectivity index (χ4v) is 1.86. The molecule has 1 aromatic carbocycles. The van der Waals surface area contributed by atoms with E-state index in [4.69, 9.17) is 4.52 Å². The van der Waals surface area contributed by atoms with Gasteiger partial charge in [-0.25, -0.2) is 9.18 Å². The van der Waals surface area contributed by atoms with Gasteiger partial charge in [0.05, 0.1) is 17.8 Å². The molecule has 2 aromatic rings. The van der Waals surface area contributed by atoms with Crippen molar-refractivity contribution in [3.63, 3.8) is 0 Å². The van der Waals surface area contributed by atoms with E-state index >= 15 is 0 Å². The predicted molar refractivity (Wildman–Crippen MR) is 81.5 cm³/mol. The standard InChI is InChI=1S/C15H17FN4O3/c1-3-9-6-11(23-20-9)8-18-15(22)19-10-4-5-13(16)12(7-10)14(21)17-2/h4-7H,3,8H2,1-2H3,(H,17,21)(H2,18,19,22). The molecule has 8 heteroatoms. The molecule has 0 aliphatic heterocycles. The Kier molecular flexibility index (Phi) is 5.29. The number of urea groups is 1. The summed E-state index contributed by atoms with van der Waals surface area (Å²) in [5, 5.41) is 11.2. The first-order chi connectivity index (χ1) is 11.0. The third-order valence-corrected chi connectivity index (χ3v) is 3.09. The number of carbonyl (C=O) groups excluding carboxylic acids is 2. The number of nitrogens with zero attached hydrogens (tertiary/aromatic N) is 1. The lowest BCUT2D eigenvalue weighted by Gasteiger charge is -2.08. The number of anilines is 1. The lowest BCUT2D eigenvalue weighted by atomic mass is 10.1. The summed E-state index contributed by atoms with van der Waals surface area (Å²) >= 11 is 0. The van der Waals surface area contributed by atoms with Gasteiger partial charge in [-0.2, -0.15) is 0 Å². The van der Waals surface area contributed by atoms with Crippen molar-refractivity contribution >= 4 is 17.6 Å². The molecule has 3 amide bonds. The Morgan fingerprint density at radius 3 is 2.74 bits per heavy atom. The molecule has 23 heavy (non-hydrogen) atoms. The first kappa shape index (κ1) is 16.5. The van der Waals surface area contributed by atoms with Gasteiger partial charge in [0, 0.05) is 18.8 Å². The molecule has 0 bridgehead atoms. The van der Waals surface area contributed by atoms with E-state index in [1.807, 2.05) is 6.92 Å². The van der Waals surface area contributed by atoms with Crippen LogP contribution in [0.3, 0.4) is 0 Å². The van der Waals surface area contributed by atoms with Crippen molar-refractivity contribution in [1.29, 1.82) is 0 Å². The first-order valence-electron chi connectivity index (χ1n) is 7.04. The van der Waals surface area contributed by atoms with Crippen molar-refractivity contribution in [2.45, 2.75) is 19.9 Å². The number of rotatable bonds is 5. The Labute approximate surface area is 132 Å². The number of aryl methyl sites for hydroxylation is 1. The second kappa shape index (κ2) is 7.39. The van der Waals surface area contributed by atoms with E-state index in [1.165, 1.54) is 19.2 Å². The molecule has 0 fully saturated rings. The SMILES string of the molecule is CCc1cc(CNC(=O)Nc2ccc(F)c(C(=O)NC)c2)on1. The zero-order chi connectivity index (χ0) is 16.8. The minimum Gasteiger partial charge on any atom is -0.359 e. The quantitative estimate of drug-likeness (QED) is 0.785. The Bertz CT molecular complexity index is 714. The highest BCUT2D eigenvalue weighted by Gasteiger charge is 2.12. The van der Waals surface area contributed by atoms with Gasteiger partial charge >= 0.3 is 6.03 Å². The molecule has 0 radical (unpaired) electrons. The molecule has 0 spiro atoms. The second-order valence-electron chi connectivity index (χ2n) is 4.72. The van der Waals surface area contributed by atoms with E-state index in [0.717, 1.165) is 18.2 Å². The van der Waals surface area contributed by atoms with Crippen LogP contribution in [0.5, 0.6) is 0 Å². The van der Waals surface area contributed by atoms with Crippen LogP contribution < -0.4 is 16.0 Å². The zero-order valence-corrected chi connectivity index (χ0v) is 12.8. The van der Waals surface area contributed by atoms with Crippen molar-refractivity contribution in [1.82, 2.24) is 15.8 Å². The van der Waals surface area contributed by atoms with E-state index in [1.54, 1.807) is 6.07 Å². The number of aromatic nitrogens is 1. The van der Waals surface area contributed by atoms with Gasteiger partial charge in [0.1, 0.15) is 5.82 Å². The Balaban J connectivity index is 1.96. The van der Waals surface area contributed by atoms with Crippen LogP contribution in [-0.2, 0) is 13.0 Å². The molecular formula is C15H17FN4O3. The molecular weight excluding hydrogens is 303 g/mol. The van der Waals surface area contributed by atoms with Crippen LogP contribution in [0.25, 0.3) is 0 Å². The lowest BCUT2D eigenvalue weighted by Crippen LogP contribution is -2.28. The molecule has 1 heterocycles. The van der Waals surface area contributed by atoms with Gasteiger partial charge in [0.2, 0.25) is 0 Å². The normalized spacial score (nSPS) is 10.2. The molecule has 0 unspecified atom stereocenters. The summed E-state index contributed by atoms with van der Waals surface area (Å²) in [5.41, 5.74) is 0.957. The van der Waals surface area contributed by atoms with E-state index in [2.05, 4.69) is 21.1 Å². The minimum absolute atomic E-state index is 0.145. The summed E-state index contributed by atoms with van der Waals surface area (Å²) in [7, 11) is 1.40. The lowest BCUT2D eigenvalue weighted by molar-refractivity contribution is 0.0959. The molecule has 122 valence electrons. The number of halogens is 1. The van der Waals surface area contributed by atoms with Crippen LogP contribution in [0.2, 0.25) is 0 Å². The predicted octanol–water partition coefficient (Wildman–Crippen LogP) is 2.06. The molecule has 0 saturated heterocycles. The maximum atomic E-state index is 13.5. The van der Waals surface area contributed by atoms with Crippen LogP contribution in [0.15, 0.2) is 28.8 Å². The highest BCUT2D eigenvalue weighted by molar-refractivity contribution is 5.96. The van der Waals surface area contributed by atoms with Crippen molar-refractivity contribution in [3.8, 4) is 0 Å². The number of benzene rings is 1.